The topological polar surface area (TPSA) is 73.2 Å². The van der Waals surface area contributed by atoms with E-state index in [0.29, 0.717) is 51.4 Å². The van der Waals surface area contributed by atoms with Crippen molar-refractivity contribution >= 4 is 57.5 Å². The van der Waals surface area contributed by atoms with Gasteiger partial charge in [-0.15, -0.1) is 0 Å². The lowest BCUT2D eigenvalue weighted by Crippen LogP contribution is -2.27. The molecule has 0 radical (unpaired) electrons. The van der Waals surface area contributed by atoms with Gasteiger partial charge in [-0.05, 0) is 49.7 Å². The van der Waals surface area contributed by atoms with Crippen LogP contribution in [-0.4, -0.2) is 34.4 Å². The zero-order chi connectivity index (χ0) is 21.7. The summed E-state index contributed by atoms with van der Waals surface area (Å²) in [6, 6.07) is 11.9. The predicted octanol–water partition coefficient (Wildman–Crippen LogP) is 4.86. The van der Waals surface area contributed by atoms with Crippen LogP contribution in [0.2, 0.25) is 10.0 Å². The number of amides is 1. The fourth-order valence-electron chi connectivity index (χ4n) is 2.85. The molecular weight excluding hydrogens is 445 g/mol. The van der Waals surface area contributed by atoms with Crippen LogP contribution in [-0.2, 0) is 16.1 Å². The van der Waals surface area contributed by atoms with Gasteiger partial charge in [0, 0.05) is 36.0 Å². The zero-order valence-corrected chi connectivity index (χ0v) is 18.9. The molecule has 0 bridgehead atoms. The minimum atomic E-state index is -0.499. The average Bonchev–Trinajstić information content (AvgIpc) is 2.70. The Morgan fingerprint density at radius 3 is 2.73 bits per heavy atom. The van der Waals surface area contributed by atoms with E-state index >= 15 is 0 Å². The van der Waals surface area contributed by atoms with Crippen LogP contribution in [0.25, 0.3) is 10.9 Å². The number of fused-ring (bicyclic) bond motifs is 1. The van der Waals surface area contributed by atoms with Crippen LogP contribution < -0.4 is 10.9 Å². The van der Waals surface area contributed by atoms with Gasteiger partial charge in [0.2, 0.25) is 5.91 Å². The summed E-state index contributed by atoms with van der Waals surface area (Å²) in [7, 11) is 1.61. The first-order valence-electron chi connectivity index (χ1n) is 9.31. The molecule has 0 aliphatic heterocycles. The highest BCUT2D eigenvalue weighted by molar-refractivity contribution is 8.00. The summed E-state index contributed by atoms with van der Waals surface area (Å²) in [4.78, 5) is 30.3. The maximum absolute atomic E-state index is 13.0. The van der Waals surface area contributed by atoms with Gasteiger partial charge < -0.3 is 10.1 Å². The number of hydrogen-bond donors (Lipinski definition) is 1. The number of hydrogen-bond acceptors (Lipinski definition) is 5. The molecule has 2 aromatic carbocycles. The quantitative estimate of drug-likeness (QED) is 0.292. The van der Waals surface area contributed by atoms with Crippen LogP contribution in [0.4, 0.5) is 5.69 Å². The number of carbonyl (C=O) groups excluding carboxylic acids is 1. The molecule has 1 N–H and O–H groups in total. The first-order valence-corrected chi connectivity index (χ1v) is 10.9. The number of nitrogens with zero attached hydrogens (tertiary/aromatic N) is 2. The summed E-state index contributed by atoms with van der Waals surface area (Å²) in [6.45, 7) is 2.71. The Labute approximate surface area is 188 Å². The molecule has 1 atom stereocenters. The van der Waals surface area contributed by atoms with E-state index in [1.54, 1.807) is 61.1 Å². The third-order valence-electron chi connectivity index (χ3n) is 4.36. The van der Waals surface area contributed by atoms with Crippen LogP contribution in [0.5, 0.6) is 0 Å². The average molecular weight is 466 g/mol. The summed E-state index contributed by atoms with van der Waals surface area (Å²) in [5.74, 6) is -0.217. The number of benzene rings is 2. The summed E-state index contributed by atoms with van der Waals surface area (Å²) in [5, 5.41) is 4.31. The van der Waals surface area contributed by atoms with E-state index in [4.69, 9.17) is 27.9 Å². The van der Waals surface area contributed by atoms with Crippen LogP contribution >= 0.6 is 35.0 Å². The number of methoxy groups -OCH3 is 1. The van der Waals surface area contributed by atoms with Gasteiger partial charge in [-0.3, -0.25) is 14.2 Å². The number of anilines is 1. The van der Waals surface area contributed by atoms with Crippen molar-refractivity contribution in [1.82, 2.24) is 9.55 Å². The van der Waals surface area contributed by atoms with Gasteiger partial charge in [-0.25, -0.2) is 4.98 Å². The molecule has 1 heterocycles. The van der Waals surface area contributed by atoms with E-state index in [1.807, 2.05) is 0 Å². The van der Waals surface area contributed by atoms with Gasteiger partial charge in [0.15, 0.2) is 5.16 Å². The molecule has 1 unspecified atom stereocenters. The third-order valence-corrected chi connectivity index (χ3v) is 5.92. The van der Waals surface area contributed by atoms with Crippen molar-refractivity contribution in [1.29, 1.82) is 0 Å². The number of thioether (sulfide) groups is 1. The molecule has 30 heavy (non-hydrogen) atoms. The molecule has 0 saturated carbocycles. The van der Waals surface area contributed by atoms with Gasteiger partial charge in [-0.2, -0.15) is 0 Å². The normalized spacial score (nSPS) is 12.1. The van der Waals surface area contributed by atoms with Crippen LogP contribution in [0.1, 0.15) is 13.3 Å². The molecule has 1 amide bonds. The Hall–Kier alpha value is -2.06. The van der Waals surface area contributed by atoms with Gasteiger partial charge in [-0.1, -0.05) is 41.0 Å². The Balaban J connectivity index is 1.89. The Morgan fingerprint density at radius 2 is 2.00 bits per heavy atom. The first kappa shape index (κ1) is 22.6. The van der Waals surface area contributed by atoms with E-state index in [1.165, 1.54) is 11.8 Å². The molecular formula is C21H21Cl2N3O3S. The van der Waals surface area contributed by atoms with Crippen molar-refractivity contribution in [3.8, 4) is 0 Å². The minimum Gasteiger partial charge on any atom is -0.385 e. The second kappa shape index (κ2) is 10.3. The van der Waals surface area contributed by atoms with E-state index in [0.717, 1.165) is 0 Å². The monoisotopic (exact) mass is 465 g/mol. The summed E-state index contributed by atoms with van der Waals surface area (Å²) >= 11 is 13.3. The van der Waals surface area contributed by atoms with Crippen molar-refractivity contribution in [2.75, 3.05) is 19.0 Å². The highest BCUT2D eigenvalue weighted by atomic mass is 35.5. The number of carbonyl (C=O) groups is 1. The van der Waals surface area contributed by atoms with Crippen molar-refractivity contribution in [3.63, 3.8) is 0 Å². The van der Waals surface area contributed by atoms with Crippen LogP contribution in [0.3, 0.4) is 0 Å². The molecule has 0 aliphatic rings. The molecule has 0 fully saturated rings. The van der Waals surface area contributed by atoms with Crippen molar-refractivity contribution in [2.24, 2.45) is 0 Å². The molecule has 1 aromatic heterocycles. The smallest absolute Gasteiger partial charge is 0.262 e. The molecule has 9 heteroatoms. The lowest BCUT2D eigenvalue weighted by Gasteiger charge is -2.16. The van der Waals surface area contributed by atoms with Crippen molar-refractivity contribution in [3.05, 3.63) is 62.9 Å². The second-order valence-electron chi connectivity index (χ2n) is 6.62. The number of halogens is 2. The fraction of sp³-hybridized carbons (Fsp3) is 0.286. The Morgan fingerprint density at radius 1 is 1.23 bits per heavy atom. The molecule has 0 saturated heterocycles. The van der Waals surface area contributed by atoms with E-state index < -0.39 is 5.25 Å². The number of nitrogens with one attached hydrogen (secondary N) is 1. The van der Waals surface area contributed by atoms with Gasteiger partial charge in [0.05, 0.1) is 16.2 Å². The minimum absolute atomic E-state index is 0.169. The number of aromatic nitrogens is 2. The van der Waals surface area contributed by atoms with Crippen molar-refractivity contribution in [2.45, 2.75) is 30.3 Å². The molecule has 6 nitrogen and oxygen atoms in total. The number of rotatable bonds is 8. The Bertz CT molecular complexity index is 1120. The highest BCUT2D eigenvalue weighted by Crippen LogP contribution is 2.25. The molecule has 158 valence electrons. The van der Waals surface area contributed by atoms with E-state index in [2.05, 4.69) is 10.3 Å². The molecule has 3 rings (SSSR count). The summed E-state index contributed by atoms with van der Waals surface area (Å²) in [5.41, 5.74) is 0.939. The SMILES string of the molecule is COCCCn1c(SC(C)C(=O)Nc2cccc(Cl)c2)nc2cc(Cl)ccc2c1=O. The Kier molecular flexibility index (Phi) is 7.77. The highest BCUT2D eigenvalue weighted by Gasteiger charge is 2.20. The van der Waals surface area contributed by atoms with Gasteiger partial charge >= 0.3 is 0 Å². The maximum atomic E-state index is 13.0. The van der Waals surface area contributed by atoms with Gasteiger partial charge in [0.1, 0.15) is 0 Å². The van der Waals surface area contributed by atoms with Gasteiger partial charge in [0.25, 0.3) is 5.56 Å². The summed E-state index contributed by atoms with van der Waals surface area (Å²) < 4.78 is 6.69. The molecule has 0 spiro atoms. The summed E-state index contributed by atoms with van der Waals surface area (Å²) in [6.07, 6.45) is 0.647. The fourth-order valence-corrected chi connectivity index (χ4v) is 4.14. The predicted molar refractivity (Wildman–Crippen MR) is 123 cm³/mol. The zero-order valence-electron chi connectivity index (χ0n) is 16.5. The number of ether oxygens (including phenoxy) is 1. The lowest BCUT2D eigenvalue weighted by molar-refractivity contribution is -0.115. The molecule has 3 aromatic rings. The van der Waals surface area contributed by atoms with Crippen molar-refractivity contribution < 1.29 is 9.53 Å². The standard InChI is InChI=1S/C21H21Cl2N3O3S/c1-13(19(27)24-16-6-3-5-14(22)11-16)30-21-25-18-12-15(23)7-8-17(18)20(28)26(21)9-4-10-29-2/h3,5-8,11-13H,4,9-10H2,1-2H3,(H,24,27). The first-order chi connectivity index (χ1) is 14.4. The molecule has 0 aliphatic carbocycles. The largest absolute Gasteiger partial charge is 0.385 e. The van der Waals surface area contributed by atoms with Crippen LogP contribution in [0, 0.1) is 0 Å². The third kappa shape index (κ3) is 5.55. The lowest BCUT2D eigenvalue weighted by atomic mass is 10.2. The maximum Gasteiger partial charge on any atom is 0.262 e. The van der Waals surface area contributed by atoms with E-state index in [-0.39, 0.29) is 11.5 Å². The van der Waals surface area contributed by atoms with E-state index in [9.17, 15) is 9.59 Å². The van der Waals surface area contributed by atoms with Crippen LogP contribution in [0.15, 0.2) is 52.4 Å². The second-order valence-corrected chi connectivity index (χ2v) is 8.80.